The summed E-state index contributed by atoms with van der Waals surface area (Å²) in [7, 11) is -12.2. The molecular formula is C42H50F9N5O8S3. The van der Waals surface area contributed by atoms with Crippen LogP contribution < -0.4 is 20.1 Å². The number of nitrogens with zero attached hydrogens (tertiary/aromatic N) is 1. The summed E-state index contributed by atoms with van der Waals surface area (Å²) < 4.78 is 197. The van der Waals surface area contributed by atoms with E-state index in [1.54, 1.807) is 0 Å². The number of hydrogen-bond acceptors (Lipinski definition) is 9. The molecule has 372 valence electrons. The first-order chi connectivity index (χ1) is 30.7. The Morgan fingerprint density at radius 3 is 1.63 bits per heavy atom. The Labute approximate surface area is 382 Å². The first kappa shape index (κ1) is 52.1. The van der Waals surface area contributed by atoms with Crippen molar-refractivity contribution in [2.24, 2.45) is 10.8 Å². The van der Waals surface area contributed by atoms with Crippen LogP contribution in [0.1, 0.15) is 130 Å². The number of rotatable bonds is 12. The lowest BCUT2D eigenvalue weighted by Crippen LogP contribution is -2.60. The summed E-state index contributed by atoms with van der Waals surface area (Å²) in [6.45, 7) is 0.895. The second-order valence-electron chi connectivity index (χ2n) is 18.8. The topological polar surface area (TPSA) is 208 Å². The van der Waals surface area contributed by atoms with E-state index in [9.17, 15) is 79.6 Å². The molecule has 67 heavy (non-hydrogen) atoms. The number of sulfonamides is 2. The highest BCUT2D eigenvalue weighted by atomic mass is 32.2. The van der Waals surface area contributed by atoms with Gasteiger partial charge in [-0.3, -0.25) is 19.0 Å². The normalized spacial score (nSPS) is 27.5. The monoisotopic (exact) mass is 1020 g/mol. The number of benzene rings is 2. The van der Waals surface area contributed by atoms with Crippen molar-refractivity contribution in [3.05, 3.63) is 58.9 Å². The van der Waals surface area contributed by atoms with Gasteiger partial charge in [-0.25, -0.2) is 38.4 Å². The SMILES string of the molecule is CC(F)(F)C12CCC(NC(=O)c3ccc(C(F)(F)F)cc3NS(=O)(=O)C3CCS(=O)(=O)CC3)(CC1)CC2.N#CC12CCC(NC(=O)c3ccc(F)cc3NS(=O)(=O)CCC(F)(F)F)(CC1)CC2. The lowest BCUT2D eigenvalue weighted by Gasteiger charge is -2.55. The van der Waals surface area contributed by atoms with Gasteiger partial charge in [-0.1, -0.05) is 0 Å². The zero-order valence-electron chi connectivity index (χ0n) is 36.1. The minimum absolute atomic E-state index is 0.177. The fourth-order valence-electron chi connectivity index (χ4n) is 9.87. The molecule has 0 radical (unpaired) electrons. The molecule has 0 unspecified atom stereocenters. The summed E-state index contributed by atoms with van der Waals surface area (Å²) in [5.41, 5.74) is -5.50. The van der Waals surface area contributed by atoms with Crippen LogP contribution in [0.3, 0.4) is 0 Å². The van der Waals surface area contributed by atoms with E-state index in [0.717, 1.165) is 31.2 Å². The second-order valence-corrected chi connectivity index (χ2v) is 24.9. The van der Waals surface area contributed by atoms with Crippen LogP contribution in [0.4, 0.5) is 50.9 Å². The van der Waals surface area contributed by atoms with Crippen molar-refractivity contribution in [2.45, 2.75) is 138 Å². The number of sulfone groups is 1. The number of carbonyl (C=O) groups is 2. The quantitative estimate of drug-likeness (QED) is 0.150. The van der Waals surface area contributed by atoms with E-state index in [0.29, 0.717) is 50.7 Å². The predicted molar refractivity (Wildman–Crippen MR) is 227 cm³/mol. The molecule has 1 saturated heterocycles. The lowest BCUT2D eigenvalue weighted by molar-refractivity contribution is -0.160. The molecule has 6 aliphatic carbocycles. The fraction of sp³-hybridized carbons (Fsp3) is 0.643. The smallest absolute Gasteiger partial charge is 0.347 e. The van der Waals surface area contributed by atoms with Crippen molar-refractivity contribution in [2.75, 3.05) is 26.7 Å². The maximum Gasteiger partial charge on any atom is 0.416 e. The summed E-state index contributed by atoms with van der Waals surface area (Å²) in [6.07, 6.45) is -6.36. The van der Waals surface area contributed by atoms with E-state index in [2.05, 4.69) is 21.4 Å². The number of nitriles is 1. The molecule has 7 aliphatic rings. The van der Waals surface area contributed by atoms with Crippen molar-refractivity contribution in [1.82, 2.24) is 10.6 Å². The van der Waals surface area contributed by atoms with Gasteiger partial charge in [0.1, 0.15) is 15.7 Å². The van der Waals surface area contributed by atoms with E-state index in [1.165, 1.54) is 0 Å². The number of hydrogen-bond donors (Lipinski definition) is 4. The van der Waals surface area contributed by atoms with Gasteiger partial charge in [-0.05, 0) is 133 Å². The third-order valence-corrected chi connectivity index (χ3v) is 19.2. The molecule has 4 N–H and O–H groups in total. The Balaban J connectivity index is 0.000000226. The first-order valence-electron chi connectivity index (χ1n) is 21.5. The second kappa shape index (κ2) is 18.2. The number of anilines is 2. The molecule has 9 rings (SSSR count). The van der Waals surface area contributed by atoms with E-state index in [1.807, 2.05) is 4.72 Å². The van der Waals surface area contributed by atoms with Gasteiger partial charge < -0.3 is 10.6 Å². The zero-order valence-corrected chi connectivity index (χ0v) is 38.6. The number of amides is 2. The molecule has 2 aromatic rings. The standard InChI is InChI=1S/C23H29F5N2O5S2.C19H21F4N3O3S/c1-20(24,25)21-6-9-22(10-7-21,11-8-21)29-19(31)17-3-2-15(23(26,27)28)14-18(17)30-37(34,35)16-4-12-36(32,33)13-5-16;20-13-1-2-14(15(11-13)26-30(28,29)10-9-19(21,22)23)16(27)25-18-6-3-17(12-24,4-7-18)5-8-18/h2-3,14,16,30H,4-13H2,1H3,(H,29,31);1-2,11,26H,3-10H2,(H,25,27). The maximum absolute atomic E-state index is 14.2. The van der Waals surface area contributed by atoms with E-state index < -0.39 is 117 Å². The van der Waals surface area contributed by atoms with Crippen LogP contribution in [0.5, 0.6) is 0 Å². The summed E-state index contributed by atoms with van der Waals surface area (Å²) in [5, 5.41) is 13.9. The molecule has 1 aliphatic heterocycles. The van der Waals surface area contributed by atoms with Crippen LogP contribution in [0.15, 0.2) is 36.4 Å². The highest BCUT2D eigenvalue weighted by molar-refractivity contribution is 7.94. The van der Waals surface area contributed by atoms with Gasteiger partial charge >= 0.3 is 12.4 Å². The Hall–Kier alpha value is -4.31. The highest BCUT2D eigenvalue weighted by Crippen LogP contribution is 2.59. The minimum Gasteiger partial charge on any atom is -0.347 e. The van der Waals surface area contributed by atoms with Gasteiger partial charge in [-0.2, -0.15) is 31.6 Å². The number of carbonyl (C=O) groups excluding carboxylic acids is 2. The van der Waals surface area contributed by atoms with Crippen LogP contribution in [-0.4, -0.2) is 82.8 Å². The van der Waals surface area contributed by atoms with Gasteiger partial charge in [0.25, 0.3) is 17.7 Å². The zero-order chi connectivity index (χ0) is 49.7. The number of alkyl halides is 8. The molecule has 25 heteroatoms. The molecule has 7 fully saturated rings. The summed E-state index contributed by atoms with van der Waals surface area (Å²) in [4.78, 5) is 26.1. The van der Waals surface area contributed by atoms with Crippen LogP contribution in [0.25, 0.3) is 0 Å². The van der Waals surface area contributed by atoms with Gasteiger partial charge in [-0.15, -0.1) is 0 Å². The third kappa shape index (κ3) is 12.1. The van der Waals surface area contributed by atoms with Crippen molar-refractivity contribution in [3.8, 4) is 6.07 Å². The predicted octanol–water partition coefficient (Wildman–Crippen LogP) is 8.37. The molecule has 6 saturated carbocycles. The average Bonchev–Trinajstić information content (AvgIpc) is 3.23. The van der Waals surface area contributed by atoms with Gasteiger partial charge in [0, 0.05) is 16.5 Å². The number of nitrogens with one attached hydrogen (secondary N) is 4. The Morgan fingerprint density at radius 1 is 0.716 bits per heavy atom. The Morgan fingerprint density at radius 2 is 1.18 bits per heavy atom. The summed E-state index contributed by atoms with van der Waals surface area (Å²) in [5.74, 6) is -7.14. The first-order valence-corrected chi connectivity index (χ1v) is 26.5. The average molecular weight is 1020 g/mol. The van der Waals surface area contributed by atoms with Crippen LogP contribution >= 0.6 is 0 Å². The van der Waals surface area contributed by atoms with Crippen LogP contribution in [0, 0.1) is 28.0 Å². The number of fused-ring (bicyclic) bond motifs is 6. The third-order valence-electron chi connectivity index (χ3n) is 14.3. The van der Waals surface area contributed by atoms with E-state index in [-0.39, 0.29) is 79.4 Å². The number of halogens is 9. The fourth-order valence-corrected chi connectivity index (χ4v) is 14.3. The Kier molecular flexibility index (Phi) is 14.2. The molecule has 2 amide bonds. The summed E-state index contributed by atoms with van der Waals surface area (Å²) in [6, 6.07) is 7.28. The van der Waals surface area contributed by atoms with Crippen LogP contribution in [-0.2, 0) is 36.1 Å². The molecule has 0 aromatic heterocycles. The maximum atomic E-state index is 14.2. The van der Waals surface area contributed by atoms with Crippen molar-refractivity contribution >= 4 is 53.1 Å². The Bertz CT molecular complexity index is 2570. The largest absolute Gasteiger partial charge is 0.416 e. The van der Waals surface area contributed by atoms with E-state index in [4.69, 9.17) is 0 Å². The van der Waals surface area contributed by atoms with Crippen molar-refractivity contribution in [3.63, 3.8) is 0 Å². The molecule has 0 atom stereocenters. The molecule has 2 aromatic carbocycles. The highest BCUT2D eigenvalue weighted by Gasteiger charge is 2.58. The van der Waals surface area contributed by atoms with Gasteiger partial charge in [0.2, 0.25) is 20.0 Å². The van der Waals surface area contributed by atoms with E-state index >= 15 is 0 Å². The molecule has 13 nitrogen and oxygen atoms in total. The van der Waals surface area contributed by atoms with Gasteiger partial charge in [0.05, 0.1) is 68.5 Å². The molecule has 4 bridgehead atoms. The van der Waals surface area contributed by atoms with Crippen LogP contribution in [0.2, 0.25) is 0 Å². The molecule has 1 heterocycles. The summed E-state index contributed by atoms with van der Waals surface area (Å²) >= 11 is 0. The lowest BCUT2D eigenvalue weighted by atomic mass is 9.55. The molecule has 0 spiro atoms. The van der Waals surface area contributed by atoms with Gasteiger partial charge in [0.15, 0.2) is 0 Å². The van der Waals surface area contributed by atoms with Crippen molar-refractivity contribution < 1.29 is 74.4 Å². The molecular weight excluding hydrogens is 970 g/mol. The van der Waals surface area contributed by atoms with Crippen molar-refractivity contribution in [1.29, 1.82) is 5.26 Å². The minimum atomic E-state index is -4.81.